The smallest absolute Gasteiger partial charge is 0.433 e. The molecule has 13 heteroatoms. The lowest BCUT2D eigenvalue weighted by atomic mass is 10.2. The number of benzene rings is 1. The zero-order valence-corrected chi connectivity index (χ0v) is 17.3. The maximum Gasteiger partial charge on any atom is 0.433 e. The molecule has 0 fully saturated rings. The van der Waals surface area contributed by atoms with Crippen molar-refractivity contribution in [3.05, 3.63) is 84.7 Å². The summed E-state index contributed by atoms with van der Waals surface area (Å²) in [7, 11) is 0. The fourth-order valence-electron chi connectivity index (χ4n) is 3.03. The number of nitro groups is 1. The first kappa shape index (κ1) is 23.0. The fraction of sp³-hybridized carbons (Fsp3) is 0.200. The lowest BCUT2D eigenvalue weighted by molar-refractivity contribution is -0.402. The van der Waals surface area contributed by atoms with Crippen molar-refractivity contribution in [3.8, 4) is 0 Å². The third-order valence-corrected chi connectivity index (χ3v) is 4.58. The summed E-state index contributed by atoms with van der Waals surface area (Å²) in [5.41, 5.74) is 4.91. The second kappa shape index (κ2) is 9.64. The van der Waals surface area contributed by atoms with Crippen LogP contribution in [0.25, 0.3) is 0 Å². The Morgan fingerprint density at radius 3 is 2.52 bits per heavy atom. The van der Waals surface area contributed by atoms with E-state index in [0.717, 1.165) is 27.2 Å². The van der Waals surface area contributed by atoms with E-state index in [1.807, 2.05) is 0 Å². The van der Waals surface area contributed by atoms with E-state index in [4.69, 9.17) is 14.9 Å². The van der Waals surface area contributed by atoms with E-state index < -0.39 is 46.3 Å². The molecule has 3 rings (SSSR count). The number of aromatic amines is 1. The second-order valence-corrected chi connectivity index (χ2v) is 6.67. The number of carbonyl (C=O) groups excluding carboxylic acids is 2. The summed E-state index contributed by atoms with van der Waals surface area (Å²) in [6, 6.07) is 10.9. The summed E-state index contributed by atoms with van der Waals surface area (Å²) < 4.78 is 10.7. The predicted molar refractivity (Wildman–Crippen MR) is 115 cm³/mol. The van der Waals surface area contributed by atoms with Gasteiger partial charge in [-0.3, -0.25) is 29.3 Å². The number of likely N-dealkylation sites (N-methyl/N-ethyl adjacent to an activating group) is 1. The highest BCUT2D eigenvalue weighted by molar-refractivity contribution is 5.98. The highest BCUT2D eigenvalue weighted by atomic mass is 16.7. The van der Waals surface area contributed by atoms with Gasteiger partial charge >= 0.3 is 17.5 Å². The van der Waals surface area contributed by atoms with E-state index in [0.29, 0.717) is 0 Å². The minimum Gasteiger partial charge on any atom is -0.450 e. The van der Waals surface area contributed by atoms with Crippen molar-refractivity contribution in [3.63, 3.8) is 0 Å². The van der Waals surface area contributed by atoms with Crippen molar-refractivity contribution in [1.82, 2.24) is 9.55 Å². The fourth-order valence-corrected chi connectivity index (χ4v) is 3.03. The standard InChI is InChI=1S/C20H19N5O8/c1-2-23(14(26)11-32-19(28)13-8-9-15(33-13)25(30)31)16-17(21)24(20(29)22-18(16)27)10-12-6-4-3-5-7-12/h3-9H,2,10-11,21H2,1H3,(H,22,27,29). The summed E-state index contributed by atoms with van der Waals surface area (Å²) in [6.07, 6.45) is 0. The number of esters is 1. The normalized spacial score (nSPS) is 10.6. The number of ether oxygens (including phenoxy) is 1. The van der Waals surface area contributed by atoms with E-state index >= 15 is 0 Å². The van der Waals surface area contributed by atoms with Gasteiger partial charge in [0.05, 0.1) is 12.6 Å². The number of hydrogen-bond acceptors (Lipinski definition) is 9. The molecule has 33 heavy (non-hydrogen) atoms. The van der Waals surface area contributed by atoms with E-state index in [-0.39, 0.29) is 24.6 Å². The monoisotopic (exact) mass is 457 g/mol. The van der Waals surface area contributed by atoms with Crippen LogP contribution in [0.2, 0.25) is 0 Å². The zero-order chi connectivity index (χ0) is 24.1. The molecule has 0 bridgehead atoms. The third-order valence-electron chi connectivity index (χ3n) is 4.58. The van der Waals surface area contributed by atoms with Crippen LogP contribution in [-0.2, 0) is 16.1 Å². The van der Waals surface area contributed by atoms with Gasteiger partial charge in [-0.15, -0.1) is 0 Å². The zero-order valence-electron chi connectivity index (χ0n) is 17.3. The molecule has 172 valence electrons. The molecule has 0 saturated heterocycles. The molecule has 2 heterocycles. The van der Waals surface area contributed by atoms with Crippen molar-refractivity contribution >= 4 is 29.3 Å². The van der Waals surface area contributed by atoms with Crippen molar-refractivity contribution < 1.29 is 23.7 Å². The summed E-state index contributed by atoms with van der Waals surface area (Å²) in [4.78, 5) is 62.4. The quantitative estimate of drug-likeness (QED) is 0.281. The van der Waals surface area contributed by atoms with Crippen molar-refractivity contribution in [2.24, 2.45) is 0 Å². The van der Waals surface area contributed by atoms with E-state index in [9.17, 15) is 29.3 Å². The molecule has 0 radical (unpaired) electrons. The number of H-pyrrole nitrogens is 1. The molecule has 13 nitrogen and oxygen atoms in total. The lowest BCUT2D eigenvalue weighted by Crippen LogP contribution is -2.42. The Hall–Kier alpha value is -4.68. The van der Waals surface area contributed by atoms with Crippen molar-refractivity contribution in [2.75, 3.05) is 23.8 Å². The van der Waals surface area contributed by atoms with E-state index in [1.54, 1.807) is 37.3 Å². The van der Waals surface area contributed by atoms with Gasteiger partial charge in [0.1, 0.15) is 10.7 Å². The summed E-state index contributed by atoms with van der Waals surface area (Å²) in [6.45, 7) is 0.770. The summed E-state index contributed by atoms with van der Waals surface area (Å²) in [5.74, 6) is -3.29. The highest BCUT2D eigenvalue weighted by Gasteiger charge is 2.25. The number of nitrogens with zero attached hydrogens (tertiary/aromatic N) is 3. The van der Waals surface area contributed by atoms with Crippen LogP contribution in [0.1, 0.15) is 23.0 Å². The topological polar surface area (TPSA) is 184 Å². The summed E-state index contributed by atoms with van der Waals surface area (Å²) in [5, 5.41) is 10.6. The first-order valence-corrected chi connectivity index (χ1v) is 9.61. The average molecular weight is 457 g/mol. The first-order valence-electron chi connectivity index (χ1n) is 9.61. The number of anilines is 2. The maximum atomic E-state index is 12.7. The number of nitrogens with two attached hydrogens (primary N) is 1. The average Bonchev–Trinajstić information content (AvgIpc) is 3.29. The Balaban J connectivity index is 1.82. The van der Waals surface area contributed by atoms with Gasteiger partial charge in [-0.1, -0.05) is 30.3 Å². The van der Waals surface area contributed by atoms with Crippen LogP contribution in [-0.4, -0.2) is 39.5 Å². The van der Waals surface area contributed by atoms with Gasteiger partial charge in [-0.05, 0) is 18.6 Å². The number of hydrogen-bond donors (Lipinski definition) is 2. The van der Waals surface area contributed by atoms with Crippen LogP contribution in [0.4, 0.5) is 17.4 Å². The molecule has 3 N–H and O–H groups in total. The van der Waals surface area contributed by atoms with Crippen LogP contribution < -0.4 is 21.9 Å². The number of carbonyl (C=O) groups is 2. The first-order chi connectivity index (χ1) is 15.7. The van der Waals surface area contributed by atoms with Crippen molar-refractivity contribution in [1.29, 1.82) is 0 Å². The van der Waals surface area contributed by atoms with Crippen LogP contribution in [0.5, 0.6) is 0 Å². The van der Waals surface area contributed by atoms with Gasteiger partial charge in [0.2, 0.25) is 5.76 Å². The van der Waals surface area contributed by atoms with Crippen LogP contribution in [0, 0.1) is 10.1 Å². The molecule has 1 aromatic carbocycles. The lowest BCUT2D eigenvalue weighted by Gasteiger charge is -2.23. The number of furan rings is 1. The Morgan fingerprint density at radius 2 is 1.91 bits per heavy atom. The minimum absolute atomic E-state index is 0.0283. The van der Waals surface area contributed by atoms with Gasteiger partial charge in [-0.2, -0.15) is 0 Å². The van der Waals surface area contributed by atoms with Crippen LogP contribution in [0.3, 0.4) is 0 Å². The number of nitrogens with one attached hydrogen (secondary N) is 1. The van der Waals surface area contributed by atoms with Gasteiger partial charge in [0.15, 0.2) is 12.3 Å². The van der Waals surface area contributed by atoms with Crippen LogP contribution >= 0.6 is 0 Å². The maximum absolute atomic E-state index is 12.7. The molecule has 0 atom stereocenters. The molecule has 2 aromatic heterocycles. The largest absolute Gasteiger partial charge is 0.450 e. The number of aromatic nitrogens is 2. The second-order valence-electron chi connectivity index (χ2n) is 6.67. The van der Waals surface area contributed by atoms with Gasteiger partial charge in [-0.25, -0.2) is 9.59 Å². The van der Waals surface area contributed by atoms with E-state index in [2.05, 4.69) is 4.98 Å². The molecular formula is C20H19N5O8. The molecule has 0 unspecified atom stereocenters. The van der Waals surface area contributed by atoms with Crippen LogP contribution in [0.15, 0.2) is 56.5 Å². The Bertz CT molecular complexity index is 1310. The van der Waals surface area contributed by atoms with Crippen molar-refractivity contribution in [2.45, 2.75) is 13.5 Å². The molecule has 0 aliphatic carbocycles. The SMILES string of the molecule is CCN(C(=O)COC(=O)c1ccc([N+](=O)[O-])o1)c1c(N)n(Cc2ccccc2)c(=O)[nH]c1=O. The molecule has 0 aliphatic heterocycles. The minimum atomic E-state index is -1.11. The van der Waals surface area contributed by atoms with Gasteiger partial charge in [0.25, 0.3) is 11.5 Å². The number of amides is 1. The third kappa shape index (κ3) is 4.98. The Morgan fingerprint density at radius 1 is 1.21 bits per heavy atom. The molecule has 1 amide bonds. The van der Waals surface area contributed by atoms with Gasteiger partial charge in [0, 0.05) is 6.54 Å². The molecular weight excluding hydrogens is 438 g/mol. The molecule has 0 saturated carbocycles. The highest BCUT2D eigenvalue weighted by Crippen LogP contribution is 2.19. The van der Waals surface area contributed by atoms with Gasteiger partial charge < -0.3 is 19.8 Å². The van der Waals surface area contributed by atoms with E-state index in [1.165, 1.54) is 0 Å². The number of nitrogen functional groups attached to an aromatic ring is 1. The predicted octanol–water partition coefficient (Wildman–Crippen LogP) is 0.878. The molecule has 0 aliphatic rings. The summed E-state index contributed by atoms with van der Waals surface area (Å²) >= 11 is 0. The Kier molecular flexibility index (Phi) is 6.71. The molecule has 0 spiro atoms. The number of rotatable bonds is 8. The Labute approximate surface area is 185 Å². The molecule has 3 aromatic rings.